The molecule has 116 valence electrons. The summed E-state index contributed by atoms with van der Waals surface area (Å²) in [6.45, 7) is 2.87. The van der Waals surface area contributed by atoms with Crippen LogP contribution in [0.1, 0.15) is 56.7 Å². The van der Waals surface area contributed by atoms with Crippen LogP contribution in [-0.2, 0) is 4.79 Å². The van der Waals surface area contributed by atoms with Gasteiger partial charge in [-0.3, -0.25) is 9.69 Å². The van der Waals surface area contributed by atoms with E-state index in [2.05, 4.69) is 10.2 Å². The number of carbonyl (C=O) groups excluding carboxylic acids is 1. The number of furan rings is 1. The van der Waals surface area contributed by atoms with E-state index in [0.717, 1.165) is 31.7 Å². The van der Waals surface area contributed by atoms with Crippen LogP contribution in [0.5, 0.6) is 0 Å². The standard InChI is InChI=1S/C17H26N2O2/c20-17(14-7-2-1-3-8-14)18-13-15(16-9-6-12-21-16)19-10-4-5-11-19/h6,9,12,14-15H,1-5,7-8,10-11,13H2,(H,18,20)/t15-/m0/s1. The van der Waals surface area contributed by atoms with E-state index in [-0.39, 0.29) is 17.9 Å². The first kappa shape index (κ1) is 14.6. The zero-order valence-corrected chi connectivity index (χ0v) is 12.7. The fourth-order valence-electron chi connectivity index (χ4n) is 3.65. The van der Waals surface area contributed by atoms with E-state index in [4.69, 9.17) is 4.42 Å². The zero-order valence-electron chi connectivity index (χ0n) is 12.7. The molecule has 1 N–H and O–H groups in total. The molecular formula is C17H26N2O2. The molecule has 1 aromatic heterocycles. The first-order valence-electron chi connectivity index (χ1n) is 8.40. The van der Waals surface area contributed by atoms with Gasteiger partial charge in [-0.25, -0.2) is 0 Å². The molecule has 4 nitrogen and oxygen atoms in total. The first-order chi connectivity index (χ1) is 10.3. The normalized spacial score (nSPS) is 22.3. The third-order valence-electron chi connectivity index (χ3n) is 4.90. The van der Waals surface area contributed by atoms with Gasteiger partial charge in [-0.15, -0.1) is 0 Å². The average Bonchev–Trinajstić information content (AvgIpc) is 3.22. The van der Waals surface area contributed by atoms with E-state index >= 15 is 0 Å². The molecule has 0 bridgehead atoms. The summed E-state index contributed by atoms with van der Waals surface area (Å²) >= 11 is 0. The first-order valence-corrected chi connectivity index (χ1v) is 8.40. The van der Waals surface area contributed by atoms with Crippen LogP contribution < -0.4 is 5.32 Å². The SMILES string of the molecule is O=C(NC[C@@H](c1ccco1)N1CCCC1)C1CCCCC1. The molecule has 1 saturated carbocycles. The summed E-state index contributed by atoms with van der Waals surface area (Å²) in [6, 6.07) is 4.15. The van der Waals surface area contributed by atoms with Gasteiger partial charge in [-0.05, 0) is 50.9 Å². The van der Waals surface area contributed by atoms with Gasteiger partial charge in [-0.1, -0.05) is 19.3 Å². The van der Waals surface area contributed by atoms with Gasteiger partial charge in [0.15, 0.2) is 0 Å². The van der Waals surface area contributed by atoms with Gasteiger partial charge in [0.1, 0.15) is 5.76 Å². The summed E-state index contributed by atoms with van der Waals surface area (Å²) in [5.41, 5.74) is 0. The lowest BCUT2D eigenvalue weighted by Gasteiger charge is -2.27. The highest BCUT2D eigenvalue weighted by atomic mass is 16.3. The van der Waals surface area contributed by atoms with Gasteiger partial charge in [0, 0.05) is 12.5 Å². The summed E-state index contributed by atoms with van der Waals surface area (Å²) in [4.78, 5) is 14.8. The van der Waals surface area contributed by atoms with Gasteiger partial charge < -0.3 is 9.73 Å². The second-order valence-electron chi connectivity index (χ2n) is 6.35. The minimum Gasteiger partial charge on any atom is -0.468 e. The molecule has 0 aromatic carbocycles. The van der Waals surface area contributed by atoms with Crippen LogP contribution in [0, 0.1) is 5.92 Å². The third-order valence-corrected chi connectivity index (χ3v) is 4.90. The number of likely N-dealkylation sites (tertiary alicyclic amines) is 1. The van der Waals surface area contributed by atoms with Crippen LogP contribution >= 0.6 is 0 Å². The van der Waals surface area contributed by atoms with Crippen molar-refractivity contribution >= 4 is 5.91 Å². The number of nitrogens with one attached hydrogen (secondary N) is 1. The molecule has 1 saturated heterocycles. The number of carbonyl (C=O) groups is 1. The number of nitrogens with zero attached hydrogens (tertiary/aromatic N) is 1. The molecule has 2 fully saturated rings. The minimum absolute atomic E-state index is 0.190. The Kier molecular flexibility index (Phi) is 4.96. The average molecular weight is 290 g/mol. The maximum Gasteiger partial charge on any atom is 0.223 e. The fourth-order valence-corrected chi connectivity index (χ4v) is 3.65. The molecule has 0 spiro atoms. The minimum atomic E-state index is 0.190. The maximum atomic E-state index is 12.3. The highest BCUT2D eigenvalue weighted by Gasteiger charge is 2.27. The van der Waals surface area contributed by atoms with Gasteiger partial charge in [0.05, 0.1) is 12.3 Å². The number of hydrogen-bond acceptors (Lipinski definition) is 3. The van der Waals surface area contributed by atoms with Gasteiger partial charge >= 0.3 is 0 Å². The third kappa shape index (κ3) is 3.67. The van der Waals surface area contributed by atoms with Crippen LogP contribution in [0.2, 0.25) is 0 Å². The summed E-state index contributed by atoms with van der Waals surface area (Å²) < 4.78 is 5.59. The topological polar surface area (TPSA) is 45.5 Å². The van der Waals surface area contributed by atoms with Crippen LogP contribution in [0.3, 0.4) is 0 Å². The number of amides is 1. The Morgan fingerprint density at radius 3 is 2.67 bits per heavy atom. The Morgan fingerprint density at radius 1 is 1.24 bits per heavy atom. The van der Waals surface area contributed by atoms with Crippen molar-refractivity contribution in [2.24, 2.45) is 5.92 Å². The molecule has 21 heavy (non-hydrogen) atoms. The molecule has 1 atom stereocenters. The summed E-state index contributed by atoms with van der Waals surface area (Å²) in [5.74, 6) is 1.45. The lowest BCUT2D eigenvalue weighted by molar-refractivity contribution is -0.126. The van der Waals surface area contributed by atoms with E-state index in [0.29, 0.717) is 6.54 Å². The number of hydrogen-bond donors (Lipinski definition) is 1. The molecule has 4 heteroatoms. The van der Waals surface area contributed by atoms with E-state index in [1.54, 1.807) is 6.26 Å². The quantitative estimate of drug-likeness (QED) is 0.906. The van der Waals surface area contributed by atoms with E-state index in [1.807, 2.05) is 12.1 Å². The molecule has 2 aliphatic rings. The second-order valence-corrected chi connectivity index (χ2v) is 6.35. The van der Waals surface area contributed by atoms with E-state index in [1.165, 1.54) is 32.1 Å². The molecule has 1 amide bonds. The lowest BCUT2D eigenvalue weighted by atomic mass is 9.88. The van der Waals surface area contributed by atoms with E-state index < -0.39 is 0 Å². The van der Waals surface area contributed by atoms with Crippen molar-refractivity contribution in [2.75, 3.05) is 19.6 Å². The summed E-state index contributed by atoms with van der Waals surface area (Å²) in [6.07, 6.45) is 10.0. The lowest BCUT2D eigenvalue weighted by Crippen LogP contribution is -2.39. The monoisotopic (exact) mass is 290 g/mol. The van der Waals surface area contributed by atoms with Crippen LogP contribution in [-0.4, -0.2) is 30.4 Å². The van der Waals surface area contributed by atoms with Crippen molar-refractivity contribution in [3.63, 3.8) is 0 Å². The Labute approximate surface area is 126 Å². The predicted octanol–water partition coefficient (Wildman–Crippen LogP) is 3.11. The molecule has 2 heterocycles. The summed E-state index contributed by atoms with van der Waals surface area (Å²) in [5, 5.41) is 3.18. The van der Waals surface area contributed by atoms with Crippen molar-refractivity contribution in [1.82, 2.24) is 10.2 Å². The van der Waals surface area contributed by atoms with Gasteiger partial charge in [0.25, 0.3) is 0 Å². The highest BCUT2D eigenvalue weighted by Crippen LogP contribution is 2.26. The summed E-state index contributed by atoms with van der Waals surface area (Å²) in [7, 11) is 0. The van der Waals surface area contributed by atoms with Crippen molar-refractivity contribution in [1.29, 1.82) is 0 Å². The van der Waals surface area contributed by atoms with Gasteiger partial charge in [0.2, 0.25) is 5.91 Å². The van der Waals surface area contributed by atoms with E-state index in [9.17, 15) is 4.79 Å². The molecule has 0 radical (unpaired) electrons. The Balaban J connectivity index is 1.58. The number of rotatable bonds is 5. The van der Waals surface area contributed by atoms with Crippen molar-refractivity contribution in [3.8, 4) is 0 Å². The molecule has 1 aliphatic carbocycles. The van der Waals surface area contributed by atoms with Gasteiger partial charge in [-0.2, -0.15) is 0 Å². The van der Waals surface area contributed by atoms with Crippen molar-refractivity contribution in [2.45, 2.75) is 51.0 Å². The molecule has 0 unspecified atom stereocenters. The van der Waals surface area contributed by atoms with Crippen molar-refractivity contribution in [3.05, 3.63) is 24.2 Å². The fraction of sp³-hybridized carbons (Fsp3) is 0.706. The zero-order chi connectivity index (χ0) is 14.5. The largest absolute Gasteiger partial charge is 0.468 e. The molecule has 3 rings (SSSR count). The maximum absolute atomic E-state index is 12.3. The Morgan fingerprint density at radius 2 is 2.00 bits per heavy atom. The second kappa shape index (κ2) is 7.12. The highest BCUT2D eigenvalue weighted by molar-refractivity contribution is 5.78. The molecule has 1 aromatic rings. The molecular weight excluding hydrogens is 264 g/mol. The molecule has 1 aliphatic heterocycles. The van der Waals surface area contributed by atoms with Crippen LogP contribution in [0.25, 0.3) is 0 Å². The Hall–Kier alpha value is -1.29. The van der Waals surface area contributed by atoms with Crippen LogP contribution in [0.4, 0.5) is 0 Å². The van der Waals surface area contributed by atoms with Crippen LogP contribution in [0.15, 0.2) is 22.8 Å². The van der Waals surface area contributed by atoms with Crippen molar-refractivity contribution < 1.29 is 9.21 Å². The Bertz CT molecular complexity index is 432. The predicted molar refractivity (Wildman–Crippen MR) is 81.8 cm³/mol. The smallest absolute Gasteiger partial charge is 0.223 e.